The molecule has 1 aromatic heterocycles. The van der Waals surface area contributed by atoms with Crippen LogP contribution in [0.25, 0.3) is 0 Å². The van der Waals surface area contributed by atoms with Crippen molar-refractivity contribution in [1.29, 1.82) is 0 Å². The van der Waals surface area contributed by atoms with Gasteiger partial charge in [0, 0.05) is 0 Å². The number of quaternary nitrogens is 1. The Labute approximate surface area is 79.2 Å². The fraction of sp³-hybridized carbons (Fsp3) is 0.600. The molecule has 0 saturated carbocycles. The minimum absolute atomic E-state index is 1.11. The molecule has 0 aliphatic heterocycles. The third-order valence-corrected chi connectivity index (χ3v) is 2.85. The summed E-state index contributed by atoms with van der Waals surface area (Å²) in [5.41, 5.74) is 0. The molecule has 0 amide bonds. The van der Waals surface area contributed by atoms with E-state index in [1.165, 1.54) is 24.4 Å². The predicted octanol–water partition coefficient (Wildman–Crippen LogP) is 2.73. The van der Waals surface area contributed by atoms with E-state index in [1.54, 1.807) is 0 Å². The third-order valence-electron chi connectivity index (χ3n) is 1.99. The lowest BCUT2D eigenvalue weighted by atomic mass is 10.3. The molecule has 0 N–H and O–H groups in total. The van der Waals surface area contributed by atoms with Gasteiger partial charge in [0.2, 0.25) is 0 Å². The summed E-state index contributed by atoms with van der Waals surface area (Å²) in [5.74, 6) is 0. The summed E-state index contributed by atoms with van der Waals surface area (Å²) < 4.78 is 1.11. The van der Waals surface area contributed by atoms with Crippen LogP contribution in [0.2, 0.25) is 0 Å². The van der Waals surface area contributed by atoms with Gasteiger partial charge in [-0.2, -0.15) is 0 Å². The Bertz CT molecular complexity index is 214. The topological polar surface area (TPSA) is 0 Å². The van der Waals surface area contributed by atoms with Crippen LogP contribution >= 0.6 is 11.3 Å². The van der Waals surface area contributed by atoms with E-state index in [9.17, 15) is 0 Å². The highest BCUT2D eigenvalue weighted by atomic mass is 32.1. The Morgan fingerprint density at radius 3 is 2.67 bits per heavy atom. The molecule has 68 valence electrons. The van der Waals surface area contributed by atoms with Crippen molar-refractivity contribution in [3.05, 3.63) is 22.4 Å². The van der Waals surface area contributed by atoms with Gasteiger partial charge in [-0.1, -0.05) is 13.0 Å². The van der Waals surface area contributed by atoms with Crippen LogP contribution in [0.5, 0.6) is 0 Å². The molecule has 0 aliphatic rings. The molecule has 0 aromatic carbocycles. The molecule has 1 aromatic rings. The lowest BCUT2D eigenvalue weighted by Gasteiger charge is -2.28. The molecule has 0 aliphatic carbocycles. The second-order valence-electron chi connectivity index (χ2n) is 3.90. The van der Waals surface area contributed by atoms with Crippen LogP contribution in [0.1, 0.15) is 18.2 Å². The molecule has 0 unspecified atom stereocenters. The summed E-state index contributed by atoms with van der Waals surface area (Å²) in [5, 5.41) is 2.15. The molecule has 12 heavy (non-hydrogen) atoms. The van der Waals surface area contributed by atoms with Gasteiger partial charge < -0.3 is 4.48 Å². The first-order chi connectivity index (χ1) is 5.64. The molecule has 1 rings (SSSR count). The fourth-order valence-corrected chi connectivity index (χ4v) is 2.42. The number of nitrogens with zero attached hydrogens (tertiary/aromatic N) is 1. The van der Waals surface area contributed by atoms with E-state index in [1.807, 2.05) is 11.3 Å². The van der Waals surface area contributed by atoms with E-state index >= 15 is 0 Å². The van der Waals surface area contributed by atoms with Crippen molar-refractivity contribution < 1.29 is 4.48 Å². The van der Waals surface area contributed by atoms with Gasteiger partial charge in [-0.05, 0) is 17.9 Å². The van der Waals surface area contributed by atoms with Crippen molar-refractivity contribution in [3.63, 3.8) is 0 Å². The molecule has 0 saturated heterocycles. The molecule has 0 bridgehead atoms. The Kier molecular flexibility index (Phi) is 3.29. The number of hydrogen-bond acceptors (Lipinski definition) is 1. The van der Waals surface area contributed by atoms with Gasteiger partial charge in [0.1, 0.15) is 6.54 Å². The van der Waals surface area contributed by atoms with Gasteiger partial charge in [-0.25, -0.2) is 0 Å². The number of hydrogen-bond donors (Lipinski definition) is 0. The van der Waals surface area contributed by atoms with Gasteiger partial charge in [-0.15, -0.1) is 11.3 Å². The van der Waals surface area contributed by atoms with Crippen LogP contribution in [0.15, 0.2) is 17.5 Å². The highest BCUT2D eigenvalue weighted by molar-refractivity contribution is 7.09. The zero-order valence-electron chi connectivity index (χ0n) is 8.21. The second-order valence-corrected chi connectivity index (χ2v) is 4.93. The average Bonchev–Trinajstić information content (AvgIpc) is 2.38. The zero-order valence-corrected chi connectivity index (χ0v) is 9.03. The lowest BCUT2D eigenvalue weighted by Crippen LogP contribution is -2.38. The van der Waals surface area contributed by atoms with Gasteiger partial charge in [-0.3, -0.25) is 0 Å². The summed E-state index contributed by atoms with van der Waals surface area (Å²) in [4.78, 5) is 1.49. The van der Waals surface area contributed by atoms with Gasteiger partial charge in [0.15, 0.2) is 0 Å². The minimum atomic E-state index is 1.11. The van der Waals surface area contributed by atoms with Gasteiger partial charge >= 0.3 is 0 Å². The maximum absolute atomic E-state index is 2.29. The Balaban J connectivity index is 2.50. The highest BCUT2D eigenvalue weighted by Gasteiger charge is 2.14. The van der Waals surface area contributed by atoms with Gasteiger partial charge in [0.25, 0.3) is 0 Å². The number of thiophene rings is 1. The van der Waals surface area contributed by atoms with Gasteiger partial charge in [0.05, 0.1) is 25.5 Å². The van der Waals surface area contributed by atoms with E-state index in [-0.39, 0.29) is 0 Å². The normalized spacial score (nSPS) is 11.9. The smallest absolute Gasteiger partial charge is 0.113 e. The first-order valence-corrected chi connectivity index (χ1v) is 5.36. The molecule has 1 heterocycles. The first-order valence-electron chi connectivity index (χ1n) is 4.48. The van der Waals surface area contributed by atoms with Crippen molar-refractivity contribution >= 4 is 11.3 Å². The first kappa shape index (κ1) is 9.75. The Hall–Kier alpha value is -0.340. The van der Waals surface area contributed by atoms with Crippen LogP contribution in [0.4, 0.5) is 0 Å². The maximum atomic E-state index is 2.29. The summed E-state index contributed by atoms with van der Waals surface area (Å²) in [6.45, 7) is 4.68. The van der Waals surface area contributed by atoms with Crippen molar-refractivity contribution in [2.75, 3.05) is 20.6 Å². The van der Waals surface area contributed by atoms with E-state index in [0.717, 1.165) is 4.48 Å². The highest BCUT2D eigenvalue weighted by Crippen LogP contribution is 2.14. The SMILES string of the molecule is CCC[N+](C)(C)Cc1cccs1. The Morgan fingerprint density at radius 1 is 1.42 bits per heavy atom. The molecule has 0 radical (unpaired) electrons. The maximum Gasteiger partial charge on any atom is 0.113 e. The van der Waals surface area contributed by atoms with Crippen LogP contribution < -0.4 is 0 Å². The lowest BCUT2D eigenvalue weighted by molar-refractivity contribution is -0.903. The van der Waals surface area contributed by atoms with Crippen LogP contribution in [0, 0.1) is 0 Å². The van der Waals surface area contributed by atoms with Crippen molar-refractivity contribution in [2.45, 2.75) is 19.9 Å². The van der Waals surface area contributed by atoms with Crippen LogP contribution in [-0.4, -0.2) is 25.1 Å². The summed E-state index contributed by atoms with van der Waals surface area (Å²) >= 11 is 1.86. The molecule has 0 atom stereocenters. The van der Waals surface area contributed by atoms with E-state index in [0.29, 0.717) is 0 Å². The molecular formula is C10H18NS+. The van der Waals surface area contributed by atoms with E-state index in [4.69, 9.17) is 0 Å². The zero-order chi connectivity index (χ0) is 9.03. The molecular weight excluding hydrogens is 166 g/mol. The fourth-order valence-electron chi connectivity index (χ4n) is 1.51. The molecule has 2 heteroatoms. The van der Waals surface area contributed by atoms with E-state index < -0.39 is 0 Å². The molecule has 0 fully saturated rings. The third kappa shape index (κ3) is 2.95. The predicted molar refractivity (Wildman–Crippen MR) is 55.3 cm³/mol. The van der Waals surface area contributed by atoms with Crippen molar-refractivity contribution in [3.8, 4) is 0 Å². The summed E-state index contributed by atoms with van der Waals surface area (Å²) in [7, 11) is 4.59. The van der Waals surface area contributed by atoms with Crippen molar-refractivity contribution in [1.82, 2.24) is 0 Å². The Morgan fingerprint density at radius 2 is 2.17 bits per heavy atom. The number of rotatable bonds is 4. The average molecular weight is 184 g/mol. The largest absolute Gasteiger partial charge is 0.324 e. The quantitative estimate of drug-likeness (QED) is 0.631. The van der Waals surface area contributed by atoms with Crippen molar-refractivity contribution in [2.24, 2.45) is 0 Å². The van der Waals surface area contributed by atoms with Crippen LogP contribution in [0.3, 0.4) is 0 Å². The summed E-state index contributed by atoms with van der Waals surface area (Å²) in [6, 6.07) is 4.35. The molecule has 1 nitrogen and oxygen atoms in total. The monoisotopic (exact) mass is 184 g/mol. The van der Waals surface area contributed by atoms with Crippen LogP contribution in [-0.2, 0) is 6.54 Å². The summed E-state index contributed by atoms with van der Waals surface area (Å²) in [6.07, 6.45) is 1.26. The second kappa shape index (κ2) is 4.06. The molecule has 0 spiro atoms. The minimum Gasteiger partial charge on any atom is -0.324 e. The standard InChI is InChI=1S/C10H18NS/c1-4-7-11(2,3)9-10-6-5-8-12-10/h5-6,8H,4,7,9H2,1-3H3/q+1. The van der Waals surface area contributed by atoms with E-state index in [2.05, 4.69) is 38.5 Å².